The van der Waals surface area contributed by atoms with Crippen LogP contribution in [0.4, 0.5) is 0 Å². The first kappa shape index (κ1) is 15.8. The summed E-state index contributed by atoms with van der Waals surface area (Å²) in [6.07, 6.45) is 6.02. The van der Waals surface area contributed by atoms with Crippen molar-refractivity contribution in [2.24, 2.45) is 0 Å². The SMILES string of the molecule is CCCNC(CC)C(C)c1nc(C2CCCCS2)no1. The van der Waals surface area contributed by atoms with Gasteiger partial charge in [-0.25, -0.2) is 0 Å². The Balaban J connectivity index is 1.98. The summed E-state index contributed by atoms with van der Waals surface area (Å²) in [7, 11) is 0. The Morgan fingerprint density at radius 2 is 2.25 bits per heavy atom. The van der Waals surface area contributed by atoms with Crippen molar-refractivity contribution in [3.05, 3.63) is 11.7 Å². The highest BCUT2D eigenvalue weighted by molar-refractivity contribution is 7.99. The van der Waals surface area contributed by atoms with E-state index in [-0.39, 0.29) is 5.92 Å². The van der Waals surface area contributed by atoms with Crippen LogP contribution < -0.4 is 5.32 Å². The van der Waals surface area contributed by atoms with E-state index in [1.807, 2.05) is 11.8 Å². The minimum absolute atomic E-state index is 0.279. The molecule has 1 aliphatic rings. The van der Waals surface area contributed by atoms with Gasteiger partial charge in [0.15, 0.2) is 5.82 Å². The molecule has 0 saturated carbocycles. The molecule has 3 unspecified atom stereocenters. The van der Waals surface area contributed by atoms with Crippen molar-refractivity contribution in [3.63, 3.8) is 0 Å². The van der Waals surface area contributed by atoms with Crippen LogP contribution in [0.25, 0.3) is 0 Å². The summed E-state index contributed by atoms with van der Waals surface area (Å²) >= 11 is 1.97. The largest absolute Gasteiger partial charge is 0.339 e. The number of hydrogen-bond donors (Lipinski definition) is 1. The fourth-order valence-electron chi connectivity index (χ4n) is 2.68. The maximum Gasteiger partial charge on any atom is 0.231 e. The Labute approximate surface area is 126 Å². The Morgan fingerprint density at radius 1 is 1.40 bits per heavy atom. The molecule has 0 aliphatic carbocycles. The van der Waals surface area contributed by atoms with Crippen LogP contribution in [0, 0.1) is 0 Å². The van der Waals surface area contributed by atoms with Crippen LogP contribution in [-0.4, -0.2) is 28.5 Å². The van der Waals surface area contributed by atoms with E-state index in [0.717, 1.165) is 31.1 Å². The molecule has 1 fully saturated rings. The molecule has 1 aromatic heterocycles. The standard InChI is InChI=1S/C15H27N3OS/c1-4-9-16-12(5-2)11(3)15-17-14(18-19-15)13-8-6-7-10-20-13/h11-13,16H,4-10H2,1-3H3. The molecular weight excluding hydrogens is 270 g/mol. The van der Waals surface area contributed by atoms with Gasteiger partial charge in [0, 0.05) is 6.04 Å². The van der Waals surface area contributed by atoms with Gasteiger partial charge in [-0.05, 0) is 38.0 Å². The van der Waals surface area contributed by atoms with Gasteiger partial charge in [0.05, 0.1) is 11.2 Å². The smallest absolute Gasteiger partial charge is 0.231 e. The maximum absolute atomic E-state index is 5.53. The molecule has 2 rings (SSSR count). The second-order valence-corrected chi connectivity index (χ2v) is 6.91. The first-order valence-corrected chi connectivity index (χ1v) is 8.99. The van der Waals surface area contributed by atoms with Gasteiger partial charge < -0.3 is 9.84 Å². The third-order valence-electron chi connectivity index (χ3n) is 4.01. The van der Waals surface area contributed by atoms with Gasteiger partial charge in [-0.2, -0.15) is 16.7 Å². The molecule has 0 bridgehead atoms. The lowest BCUT2D eigenvalue weighted by Gasteiger charge is -2.21. The van der Waals surface area contributed by atoms with Crippen molar-refractivity contribution >= 4 is 11.8 Å². The van der Waals surface area contributed by atoms with Crippen LogP contribution >= 0.6 is 11.8 Å². The molecule has 20 heavy (non-hydrogen) atoms. The summed E-state index contributed by atoms with van der Waals surface area (Å²) in [5, 5.41) is 8.24. The number of aromatic nitrogens is 2. The zero-order valence-electron chi connectivity index (χ0n) is 12.9. The third kappa shape index (κ3) is 3.98. The molecule has 1 N–H and O–H groups in total. The zero-order chi connectivity index (χ0) is 14.4. The molecule has 2 heterocycles. The summed E-state index contributed by atoms with van der Waals surface area (Å²) < 4.78 is 5.53. The average molecular weight is 297 g/mol. The van der Waals surface area contributed by atoms with E-state index in [1.54, 1.807) is 0 Å². The van der Waals surface area contributed by atoms with Crippen LogP contribution in [0.3, 0.4) is 0 Å². The highest BCUT2D eigenvalue weighted by atomic mass is 32.2. The van der Waals surface area contributed by atoms with E-state index in [0.29, 0.717) is 11.3 Å². The Kier molecular flexibility index (Phi) is 6.36. The monoisotopic (exact) mass is 297 g/mol. The predicted molar refractivity (Wildman–Crippen MR) is 84.1 cm³/mol. The predicted octanol–water partition coefficient (Wildman–Crippen LogP) is 3.91. The van der Waals surface area contributed by atoms with E-state index in [4.69, 9.17) is 4.52 Å². The lowest BCUT2D eigenvalue weighted by Crippen LogP contribution is -2.33. The first-order chi connectivity index (χ1) is 9.76. The van der Waals surface area contributed by atoms with E-state index in [1.165, 1.54) is 25.0 Å². The van der Waals surface area contributed by atoms with Crippen molar-refractivity contribution in [2.75, 3.05) is 12.3 Å². The lowest BCUT2D eigenvalue weighted by atomic mass is 9.99. The second kappa shape index (κ2) is 8.03. The van der Waals surface area contributed by atoms with Crippen LogP contribution in [0.5, 0.6) is 0 Å². The van der Waals surface area contributed by atoms with Crippen molar-refractivity contribution in [1.29, 1.82) is 0 Å². The minimum atomic E-state index is 0.279. The molecule has 0 radical (unpaired) electrons. The molecule has 0 amide bonds. The van der Waals surface area contributed by atoms with Gasteiger partial charge in [-0.1, -0.05) is 32.3 Å². The third-order valence-corrected chi connectivity index (χ3v) is 5.39. The number of thioether (sulfide) groups is 1. The number of nitrogens with one attached hydrogen (secondary N) is 1. The number of hydrogen-bond acceptors (Lipinski definition) is 5. The highest BCUT2D eigenvalue weighted by Gasteiger charge is 2.26. The summed E-state index contributed by atoms with van der Waals surface area (Å²) in [5.74, 6) is 3.20. The van der Waals surface area contributed by atoms with Crippen LogP contribution in [0.2, 0.25) is 0 Å². The Hall–Kier alpha value is -0.550. The van der Waals surface area contributed by atoms with Gasteiger partial charge in [-0.15, -0.1) is 0 Å². The van der Waals surface area contributed by atoms with Gasteiger partial charge in [0.2, 0.25) is 5.89 Å². The number of rotatable bonds is 7. The molecule has 4 nitrogen and oxygen atoms in total. The van der Waals surface area contributed by atoms with Gasteiger partial charge in [0.25, 0.3) is 0 Å². The molecule has 1 saturated heterocycles. The molecule has 1 aliphatic heterocycles. The summed E-state index contributed by atoms with van der Waals surface area (Å²) in [4.78, 5) is 4.67. The average Bonchev–Trinajstić information content (AvgIpc) is 2.98. The van der Waals surface area contributed by atoms with Crippen molar-refractivity contribution in [3.8, 4) is 0 Å². The summed E-state index contributed by atoms with van der Waals surface area (Å²) in [6.45, 7) is 7.62. The molecular formula is C15H27N3OS. The summed E-state index contributed by atoms with van der Waals surface area (Å²) in [6, 6.07) is 0.419. The molecule has 1 aromatic rings. The Morgan fingerprint density at radius 3 is 2.90 bits per heavy atom. The van der Waals surface area contributed by atoms with Crippen LogP contribution in [0.1, 0.15) is 75.8 Å². The van der Waals surface area contributed by atoms with E-state index >= 15 is 0 Å². The minimum Gasteiger partial charge on any atom is -0.339 e. The molecule has 114 valence electrons. The lowest BCUT2D eigenvalue weighted by molar-refractivity contribution is 0.317. The van der Waals surface area contributed by atoms with Crippen molar-refractivity contribution in [2.45, 2.75) is 70.1 Å². The maximum atomic E-state index is 5.53. The zero-order valence-corrected chi connectivity index (χ0v) is 13.7. The topological polar surface area (TPSA) is 51.0 Å². The quantitative estimate of drug-likeness (QED) is 0.827. The van der Waals surface area contributed by atoms with Crippen molar-refractivity contribution in [1.82, 2.24) is 15.5 Å². The van der Waals surface area contributed by atoms with Crippen molar-refractivity contribution < 1.29 is 4.52 Å². The van der Waals surface area contributed by atoms with E-state index < -0.39 is 0 Å². The summed E-state index contributed by atoms with van der Waals surface area (Å²) in [5.41, 5.74) is 0. The molecule has 0 spiro atoms. The van der Waals surface area contributed by atoms with Gasteiger partial charge in [-0.3, -0.25) is 0 Å². The molecule has 5 heteroatoms. The second-order valence-electron chi connectivity index (χ2n) is 5.60. The number of nitrogens with zero attached hydrogens (tertiary/aromatic N) is 2. The van der Waals surface area contributed by atoms with Gasteiger partial charge >= 0.3 is 0 Å². The Bertz CT molecular complexity index is 390. The van der Waals surface area contributed by atoms with Crippen LogP contribution in [0.15, 0.2) is 4.52 Å². The first-order valence-electron chi connectivity index (χ1n) is 7.94. The van der Waals surface area contributed by atoms with Gasteiger partial charge in [0.1, 0.15) is 0 Å². The fourth-order valence-corrected chi connectivity index (χ4v) is 3.92. The van der Waals surface area contributed by atoms with E-state index in [2.05, 4.69) is 36.2 Å². The fraction of sp³-hybridized carbons (Fsp3) is 0.867. The molecule has 0 aromatic carbocycles. The highest BCUT2D eigenvalue weighted by Crippen LogP contribution is 2.37. The molecule has 3 atom stereocenters. The normalized spacial score (nSPS) is 22.6. The van der Waals surface area contributed by atoms with Crippen LogP contribution in [-0.2, 0) is 0 Å². The van der Waals surface area contributed by atoms with E-state index in [9.17, 15) is 0 Å².